The molecule has 3 rings (SSSR count). The van der Waals surface area contributed by atoms with Gasteiger partial charge in [-0.3, -0.25) is 9.97 Å². The molecule has 1 N–H and O–H groups in total. The summed E-state index contributed by atoms with van der Waals surface area (Å²) in [5.41, 5.74) is 2.12. The van der Waals surface area contributed by atoms with Crippen LogP contribution in [-0.2, 0) is 5.41 Å². The predicted molar refractivity (Wildman–Crippen MR) is 125 cm³/mol. The van der Waals surface area contributed by atoms with E-state index in [0.29, 0.717) is 0 Å². The van der Waals surface area contributed by atoms with Crippen LogP contribution < -0.4 is 0 Å². The van der Waals surface area contributed by atoms with E-state index in [9.17, 15) is 5.11 Å². The summed E-state index contributed by atoms with van der Waals surface area (Å²) in [7, 11) is 0. The number of hydrogen-bond acceptors (Lipinski definition) is 3. The molecule has 0 spiro atoms. The minimum atomic E-state index is -1.11. The fourth-order valence-electron chi connectivity index (χ4n) is 4.43. The van der Waals surface area contributed by atoms with Crippen LogP contribution in [0.5, 0.6) is 0 Å². The summed E-state index contributed by atoms with van der Waals surface area (Å²) < 4.78 is 0. The first kappa shape index (κ1) is 22.4. The second kappa shape index (κ2) is 10.2. The van der Waals surface area contributed by atoms with Crippen molar-refractivity contribution in [2.75, 3.05) is 0 Å². The molecule has 30 heavy (non-hydrogen) atoms. The molecule has 0 amide bonds. The van der Waals surface area contributed by atoms with Crippen molar-refractivity contribution in [3.63, 3.8) is 0 Å². The highest BCUT2D eigenvalue weighted by molar-refractivity contribution is 5.76. The molecule has 160 valence electrons. The number of unbranched alkanes of at least 4 members (excludes halogenated alkanes) is 6. The highest BCUT2D eigenvalue weighted by atomic mass is 16.3. The summed E-state index contributed by atoms with van der Waals surface area (Å²) in [5.74, 6) is 0. The summed E-state index contributed by atoms with van der Waals surface area (Å²) in [6.07, 6.45) is 18.1. The lowest BCUT2D eigenvalue weighted by Crippen LogP contribution is -2.49. The third kappa shape index (κ3) is 4.89. The average Bonchev–Trinajstić information content (AvgIpc) is 2.76. The van der Waals surface area contributed by atoms with E-state index in [1.54, 1.807) is 12.4 Å². The van der Waals surface area contributed by atoms with Gasteiger partial charge in [-0.1, -0.05) is 75.3 Å². The van der Waals surface area contributed by atoms with Gasteiger partial charge in [0.1, 0.15) is 5.60 Å². The Morgan fingerprint density at radius 2 is 1.50 bits per heavy atom. The van der Waals surface area contributed by atoms with E-state index in [-0.39, 0.29) is 0 Å². The average molecular weight is 405 g/mol. The Morgan fingerprint density at radius 1 is 0.833 bits per heavy atom. The quantitative estimate of drug-likeness (QED) is 0.451. The molecule has 2 heterocycles. The number of nitrogens with zero attached hydrogens (tertiary/aromatic N) is 2. The zero-order valence-corrected chi connectivity index (χ0v) is 18.8. The molecule has 0 saturated heterocycles. The second-order valence-corrected chi connectivity index (χ2v) is 8.85. The number of aromatic nitrogens is 2. The van der Waals surface area contributed by atoms with E-state index < -0.39 is 11.0 Å². The lowest BCUT2D eigenvalue weighted by Gasteiger charge is -2.45. The normalized spacial score (nSPS) is 23.7. The molecular weight excluding hydrogens is 368 g/mol. The minimum absolute atomic E-state index is 0.619. The van der Waals surface area contributed by atoms with Gasteiger partial charge in [0, 0.05) is 18.0 Å². The molecular formula is C27H36N2O. The maximum Gasteiger partial charge on any atom is 0.103 e. The summed E-state index contributed by atoms with van der Waals surface area (Å²) in [4.78, 5) is 9.17. The number of hydrogen-bond donors (Lipinski definition) is 1. The standard InChI is InChI=1S/C27H36N2O/c1-4-5-6-7-8-9-10-15-22-20-23(24-16-11-13-18-28-24)27(3,30)26(2,21-22)25-17-12-14-19-29-25/h11-14,16-21,30H,4-10,15H2,1-3H3. The Labute approximate surface area is 182 Å². The molecule has 1 aliphatic rings. The van der Waals surface area contributed by atoms with E-state index in [1.807, 2.05) is 43.3 Å². The summed E-state index contributed by atoms with van der Waals surface area (Å²) in [6, 6.07) is 11.8. The molecule has 3 nitrogen and oxygen atoms in total. The molecule has 0 aliphatic heterocycles. The van der Waals surface area contributed by atoms with Crippen LogP contribution in [0.25, 0.3) is 5.57 Å². The number of aliphatic hydroxyl groups is 1. The molecule has 2 aromatic rings. The summed E-state index contributed by atoms with van der Waals surface area (Å²) in [5, 5.41) is 11.8. The van der Waals surface area contributed by atoms with E-state index >= 15 is 0 Å². The fraction of sp³-hybridized carbons (Fsp3) is 0.481. The van der Waals surface area contributed by atoms with Crippen LogP contribution in [0.4, 0.5) is 0 Å². The van der Waals surface area contributed by atoms with Gasteiger partial charge in [0.25, 0.3) is 0 Å². The van der Waals surface area contributed by atoms with Gasteiger partial charge < -0.3 is 5.11 Å². The molecule has 2 unspecified atom stereocenters. The van der Waals surface area contributed by atoms with Gasteiger partial charge in [0.2, 0.25) is 0 Å². The Morgan fingerprint density at radius 3 is 2.13 bits per heavy atom. The van der Waals surface area contributed by atoms with Crippen molar-refractivity contribution < 1.29 is 5.11 Å². The van der Waals surface area contributed by atoms with Crippen molar-refractivity contribution >= 4 is 5.57 Å². The highest BCUT2D eigenvalue weighted by Crippen LogP contribution is 2.48. The number of rotatable bonds is 10. The molecule has 0 fully saturated rings. The van der Waals surface area contributed by atoms with Gasteiger partial charge in [0.05, 0.1) is 16.8 Å². The van der Waals surface area contributed by atoms with Crippen molar-refractivity contribution in [1.29, 1.82) is 0 Å². The Bertz CT molecular complexity index is 855. The zero-order chi connectivity index (χ0) is 21.5. The van der Waals surface area contributed by atoms with Crippen molar-refractivity contribution in [1.82, 2.24) is 9.97 Å². The third-order valence-electron chi connectivity index (χ3n) is 6.55. The van der Waals surface area contributed by atoms with Crippen LogP contribution in [0, 0.1) is 0 Å². The van der Waals surface area contributed by atoms with Crippen LogP contribution in [0.3, 0.4) is 0 Å². The van der Waals surface area contributed by atoms with Crippen molar-refractivity contribution in [3.8, 4) is 0 Å². The lowest BCUT2D eigenvalue weighted by atomic mass is 9.63. The molecule has 2 aromatic heterocycles. The first-order valence-corrected chi connectivity index (χ1v) is 11.5. The van der Waals surface area contributed by atoms with E-state index in [2.05, 4.69) is 36.0 Å². The monoisotopic (exact) mass is 404 g/mol. The Kier molecular flexibility index (Phi) is 7.60. The van der Waals surface area contributed by atoms with Gasteiger partial charge >= 0.3 is 0 Å². The van der Waals surface area contributed by atoms with Gasteiger partial charge in [0.15, 0.2) is 0 Å². The highest BCUT2D eigenvalue weighted by Gasteiger charge is 2.49. The number of pyridine rings is 2. The van der Waals surface area contributed by atoms with Crippen molar-refractivity contribution in [2.24, 2.45) is 0 Å². The number of allylic oxidation sites excluding steroid dienone is 2. The lowest BCUT2D eigenvalue weighted by molar-refractivity contribution is 0.0585. The predicted octanol–water partition coefficient (Wildman–Crippen LogP) is 6.65. The van der Waals surface area contributed by atoms with Crippen molar-refractivity contribution in [2.45, 2.75) is 83.2 Å². The van der Waals surface area contributed by atoms with Gasteiger partial charge in [-0.05, 0) is 51.0 Å². The van der Waals surface area contributed by atoms with Crippen LogP contribution >= 0.6 is 0 Å². The molecule has 3 heteroatoms. The largest absolute Gasteiger partial charge is 0.384 e. The molecule has 0 bridgehead atoms. The van der Waals surface area contributed by atoms with E-state index in [0.717, 1.165) is 23.4 Å². The van der Waals surface area contributed by atoms with E-state index in [4.69, 9.17) is 0 Å². The summed E-state index contributed by atoms with van der Waals surface area (Å²) >= 11 is 0. The van der Waals surface area contributed by atoms with Crippen LogP contribution in [0.15, 0.2) is 66.5 Å². The van der Waals surface area contributed by atoms with Crippen LogP contribution in [0.1, 0.15) is 83.5 Å². The zero-order valence-electron chi connectivity index (χ0n) is 18.8. The van der Waals surface area contributed by atoms with E-state index in [1.165, 1.54) is 50.5 Å². The Balaban J connectivity index is 1.85. The molecule has 0 saturated carbocycles. The van der Waals surface area contributed by atoms with Crippen LogP contribution in [-0.4, -0.2) is 20.7 Å². The SMILES string of the molecule is CCCCCCCCCC1=CC(C)(c2ccccn2)C(C)(O)C(c2ccccn2)=C1. The maximum absolute atomic E-state index is 11.8. The first-order chi connectivity index (χ1) is 14.5. The minimum Gasteiger partial charge on any atom is -0.384 e. The maximum atomic E-state index is 11.8. The van der Waals surface area contributed by atoms with Gasteiger partial charge in [-0.25, -0.2) is 0 Å². The fourth-order valence-corrected chi connectivity index (χ4v) is 4.43. The summed E-state index contributed by atoms with van der Waals surface area (Å²) in [6.45, 7) is 6.24. The smallest absolute Gasteiger partial charge is 0.103 e. The third-order valence-corrected chi connectivity index (χ3v) is 6.55. The molecule has 2 atom stereocenters. The topological polar surface area (TPSA) is 46.0 Å². The van der Waals surface area contributed by atoms with Gasteiger partial charge in [-0.15, -0.1) is 0 Å². The van der Waals surface area contributed by atoms with Gasteiger partial charge in [-0.2, -0.15) is 0 Å². The second-order valence-electron chi connectivity index (χ2n) is 8.85. The first-order valence-electron chi connectivity index (χ1n) is 11.5. The van der Waals surface area contributed by atoms with Crippen molar-refractivity contribution in [3.05, 3.63) is 77.9 Å². The molecule has 0 aromatic carbocycles. The molecule has 1 aliphatic carbocycles. The Hall–Kier alpha value is -2.26. The molecule has 0 radical (unpaired) electrons. The van der Waals surface area contributed by atoms with Crippen LogP contribution in [0.2, 0.25) is 0 Å².